The van der Waals surface area contributed by atoms with Crippen molar-refractivity contribution < 1.29 is 14.1 Å². The van der Waals surface area contributed by atoms with Crippen molar-refractivity contribution in [2.24, 2.45) is 0 Å². The van der Waals surface area contributed by atoms with E-state index in [1.807, 2.05) is 13.0 Å². The molecule has 0 bridgehead atoms. The third-order valence-corrected chi connectivity index (χ3v) is 3.87. The number of aryl methyl sites for hydroxylation is 1. The van der Waals surface area contributed by atoms with Gasteiger partial charge in [0.2, 0.25) is 0 Å². The topological polar surface area (TPSA) is 76.4 Å². The molecule has 0 saturated carbocycles. The van der Waals surface area contributed by atoms with Crippen molar-refractivity contribution in [3.63, 3.8) is 0 Å². The molecule has 6 nitrogen and oxygen atoms in total. The first kappa shape index (κ1) is 21.5. The zero-order valence-corrected chi connectivity index (χ0v) is 16.7. The van der Waals surface area contributed by atoms with Crippen LogP contribution in [0.4, 0.5) is 0 Å². The minimum absolute atomic E-state index is 0. The fourth-order valence-electron chi connectivity index (χ4n) is 2.06. The first-order chi connectivity index (χ1) is 11.6. The van der Waals surface area contributed by atoms with Gasteiger partial charge < -0.3 is 19.9 Å². The van der Waals surface area contributed by atoms with Crippen LogP contribution in [0.15, 0.2) is 33.3 Å². The molecule has 8 heteroatoms. The Kier molecular flexibility index (Phi) is 9.55. The lowest BCUT2D eigenvalue weighted by molar-refractivity contribution is 0.0954. The van der Waals surface area contributed by atoms with Gasteiger partial charge in [0, 0.05) is 24.7 Å². The van der Waals surface area contributed by atoms with Crippen LogP contribution >= 0.6 is 28.3 Å². The van der Waals surface area contributed by atoms with Gasteiger partial charge in [-0.25, -0.2) is 0 Å². The maximum absolute atomic E-state index is 12.1. The number of nitrogens with one attached hydrogen (secondary N) is 2. The van der Waals surface area contributed by atoms with E-state index in [2.05, 4.69) is 38.6 Å². The SMILES string of the molecule is CCCNCCNC(=O)c1ccc(OCc2cc(C)no2)c(Br)c1.Cl. The molecule has 0 atom stereocenters. The van der Waals surface area contributed by atoms with Crippen LogP contribution in [-0.2, 0) is 6.61 Å². The molecule has 0 saturated heterocycles. The van der Waals surface area contributed by atoms with Crippen LogP contribution in [0.2, 0.25) is 0 Å². The molecule has 0 radical (unpaired) electrons. The fraction of sp³-hybridized carbons (Fsp3) is 0.412. The molecule has 1 aromatic heterocycles. The van der Waals surface area contributed by atoms with E-state index in [0.29, 0.717) is 23.6 Å². The van der Waals surface area contributed by atoms with Crippen molar-refractivity contribution in [1.82, 2.24) is 15.8 Å². The monoisotopic (exact) mass is 431 g/mol. The van der Waals surface area contributed by atoms with Gasteiger partial charge in [0.05, 0.1) is 10.2 Å². The van der Waals surface area contributed by atoms with Gasteiger partial charge in [-0.05, 0) is 54.0 Å². The van der Waals surface area contributed by atoms with E-state index in [9.17, 15) is 4.79 Å². The number of hydrogen-bond acceptors (Lipinski definition) is 5. The van der Waals surface area contributed by atoms with Crippen LogP contribution in [0.1, 0.15) is 35.2 Å². The molecular weight excluding hydrogens is 410 g/mol. The Labute approximate surface area is 162 Å². The van der Waals surface area contributed by atoms with Crippen LogP contribution in [-0.4, -0.2) is 30.7 Å². The Hall–Kier alpha value is -1.57. The maximum Gasteiger partial charge on any atom is 0.251 e. The average Bonchev–Trinajstić information content (AvgIpc) is 2.98. The van der Waals surface area contributed by atoms with Crippen LogP contribution < -0.4 is 15.4 Å². The van der Waals surface area contributed by atoms with E-state index >= 15 is 0 Å². The van der Waals surface area contributed by atoms with Crippen molar-refractivity contribution in [2.45, 2.75) is 26.9 Å². The molecule has 2 rings (SSSR count). The van der Waals surface area contributed by atoms with Crippen molar-refractivity contribution >= 4 is 34.2 Å². The van der Waals surface area contributed by atoms with Gasteiger partial charge in [-0.1, -0.05) is 12.1 Å². The zero-order valence-electron chi connectivity index (χ0n) is 14.3. The van der Waals surface area contributed by atoms with Crippen molar-refractivity contribution in [3.05, 3.63) is 45.8 Å². The fourth-order valence-corrected chi connectivity index (χ4v) is 2.55. The molecule has 1 amide bonds. The Bertz CT molecular complexity index is 679. The van der Waals surface area contributed by atoms with Gasteiger partial charge in [-0.15, -0.1) is 12.4 Å². The number of rotatable bonds is 9. The third kappa shape index (κ3) is 7.05. The highest BCUT2D eigenvalue weighted by atomic mass is 79.9. The van der Waals surface area contributed by atoms with E-state index < -0.39 is 0 Å². The maximum atomic E-state index is 12.1. The van der Waals surface area contributed by atoms with Crippen molar-refractivity contribution in [3.8, 4) is 5.75 Å². The van der Waals surface area contributed by atoms with Crippen LogP contribution in [0.5, 0.6) is 5.75 Å². The molecule has 1 aromatic carbocycles. The summed E-state index contributed by atoms with van der Waals surface area (Å²) in [5.74, 6) is 1.19. The quantitative estimate of drug-likeness (QED) is 0.593. The minimum Gasteiger partial charge on any atom is -0.484 e. The molecule has 2 aromatic rings. The summed E-state index contributed by atoms with van der Waals surface area (Å²) in [5, 5.41) is 9.93. The molecular formula is C17H23BrClN3O3. The van der Waals surface area contributed by atoms with Gasteiger partial charge >= 0.3 is 0 Å². The average molecular weight is 433 g/mol. The number of carbonyl (C=O) groups excluding carboxylic acids is 1. The minimum atomic E-state index is -0.105. The van der Waals surface area contributed by atoms with Gasteiger partial charge in [-0.2, -0.15) is 0 Å². The largest absolute Gasteiger partial charge is 0.484 e. The summed E-state index contributed by atoms with van der Waals surface area (Å²) in [6.07, 6.45) is 1.08. The number of carbonyl (C=O) groups is 1. The summed E-state index contributed by atoms with van der Waals surface area (Å²) in [4.78, 5) is 12.1. The Balaban J connectivity index is 0.00000312. The molecule has 2 N–H and O–H groups in total. The Morgan fingerprint density at radius 2 is 2.08 bits per heavy atom. The predicted molar refractivity (Wildman–Crippen MR) is 102 cm³/mol. The summed E-state index contributed by atoms with van der Waals surface area (Å²) < 4.78 is 11.5. The smallest absolute Gasteiger partial charge is 0.251 e. The van der Waals surface area contributed by atoms with Crippen molar-refractivity contribution in [2.75, 3.05) is 19.6 Å². The Morgan fingerprint density at radius 1 is 1.28 bits per heavy atom. The highest BCUT2D eigenvalue weighted by molar-refractivity contribution is 9.10. The second kappa shape index (κ2) is 11.1. The lowest BCUT2D eigenvalue weighted by Crippen LogP contribution is -2.32. The highest BCUT2D eigenvalue weighted by Crippen LogP contribution is 2.27. The highest BCUT2D eigenvalue weighted by Gasteiger charge is 2.10. The van der Waals surface area contributed by atoms with Crippen LogP contribution in [0.3, 0.4) is 0 Å². The summed E-state index contributed by atoms with van der Waals surface area (Å²) in [5.41, 5.74) is 1.40. The molecule has 0 spiro atoms. The number of nitrogens with zero attached hydrogens (tertiary/aromatic N) is 1. The number of halogens is 2. The van der Waals surface area contributed by atoms with E-state index in [0.717, 1.165) is 29.7 Å². The molecule has 0 aliphatic carbocycles. The summed E-state index contributed by atoms with van der Waals surface area (Å²) in [7, 11) is 0. The lowest BCUT2D eigenvalue weighted by atomic mass is 10.2. The molecule has 0 aliphatic heterocycles. The van der Waals surface area contributed by atoms with E-state index in [-0.39, 0.29) is 24.9 Å². The van der Waals surface area contributed by atoms with Crippen molar-refractivity contribution in [1.29, 1.82) is 0 Å². The number of amides is 1. The first-order valence-corrected chi connectivity index (χ1v) is 8.73. The van der Waals surface area contributed by atoms with E-state index in [1.165, 1.54) is 0 Å². The van der Waals surface area contributed by atoms with Gasteiger partial charge in [-0.3, -0.25) is 4.79 Å². The van der Waals surface area contributed by atoms with Gasteiger partial charge in [0.25, 0.3) is 5.91 Å². The van der Waals surface area contributed by atoms with Crippen LogP contribution in [0.25, 0.3) is 0 Å². The normalized spacial score (nSPS) is 10.2. The van der Waals surface area contributed by atoms with Gasteiger partial charge in [0.1, 0.15) is 12.4 Å². The second-order valence-electron chi connectivity index (χ2n) is 5.37. The molecule has 0 aliphatic rings. The first-order valence-electron chi connectivity index (χ1n) is 7.93. The summed E-state index contributed by atoms with van der Waals surface area (Å²) in [6, 6.07) is 7.07. The second-order valence-corrected chi connectivity index (χ2v) is 6.23. The number of aromatic nitrogens is 1. The third-order valence-electron chi connectivity index (χ3n) is 3.25. The summed E-state index contributed by atoms with van der Waals surface area (Å²) >= 11 is 3.43. The van der Waals surface area contributed by atoms with Crippen LogP contribution in [0, 0.1) is 6.92 Å². The summed E-state index contributed by atoms with van der Waals surface area (Å²) in [6.45, 7) is 6.56. The lowest BCUT2D eigenvalue weighted by Gasteiger charge is -2.09. The zero-order chi connectivity index (χ0) is 17.4. The molecule has 25 heavy (non-hydrogen) atoms. The van der Waals surface area contributed by atoms with Gasteiger partial charge in [0.15, 0.2) is 5.76 Å². The van der Waals surface area contributed by atoms with E-state index in [4.69, 9.17) is 9.26 Å². The standard InChI is InChI=1S/C17H22BrN3O3.ClH/c1-3-6-19-7-8-20-17(22)13-4-5-16(15(18)10-13)23-11-14-9-12(2)21-24-14;/h4-5,9-10,19H,3,6-8,11H2,1-2H3,(H,20,22);1H. The molecule has 1 heterocycles. The van der Waals surface area contributed by atoms with E-state index in [1.54, 1.807) is 18.2 Å². The Morgan fingerprint density at radius 3 is 2.72 bits per heavy atom. The molecule has 0 fully saturated rings. The number of ether oxygens (including phenoxy) is 1. The number of benzene rings is 1. The predicted octanol–water partition coefficient (Wildman–Crippen LogP) is 3.48. The molecule has 0 unspecified atom stereocenters. The molecule has 138 valence electrons. The number of hydrogen-bond donors (Lipinski definition) is 2.